The summed E-state index contributed by atoms with van der Waals surface area (Å²) in [5, 5.41) is 11.5. The number of nitrogens with one attached hydrogen (secondary N) is 1. The Kier molecular flexibility index (Phi) is 4.32. The summed E-state index contributed by atoms with van der Waals surface area (Å²) >= 11 is 11.9. The maximum Gasteiger partial charge on any atom is 0.255 e. The highest BCUT2D eigenvalue weighted by atomic mass is 35.5. The number of nitrogens with zero attached hydrogens (tertiary/aromatic N) is 3. The first-order chi connectivity index (χ1) is 11.0. The molecule has 23 heavy (non-hydrogen) atoms. The lowest BCUT2D eigenvalue weighted by atomic mass is 10.2. The zero-order valence-corrected chi connectivity index (χ0v) is 13.6. The third-order valence-electron chi connectivity index (χ3n) is 3.27. The van der Waals surface area contributed by atoms with Gasteiger partial charge in [0.2, 0.25) is 0 Å². The first-order valence-corrected chi connectivity index (χ1v) is 7.54. The highest BCUT2D eigenvalue weighted by Gasteiger charge is 2.10. The fourth-order valence-electron chi connectivity index (χ4n) is 2.08. The van der Waals surface area contributed by atoms with E-state index in [0.29, 0.717) is 21.3 Å². The quantitative estimate of drug-likeness (QED) is 0.775. The number of aromatic nitrogens is 3. The predicted molar refractivity (Wildman–Crippen MR) is 90.5 cm³/mol. The zero-order chi connectivity index (χ0) is 16.4. The fraction of sp³-hybridized carbons (Fsp3) is 0.0625. The summed E-state index contributed by atoms with van der Waals surface area (Å²) < 4.78 is 1.69. The summed E-state index contributed by atoms with van der Waals surface area (Å²) in [4.78, 5) is 12.3. The Balaban J connectivity index is 1.79. The molecule has 1 heterocycles. The molecule has 0 atom stereocenters. The number of halogens is 2. The van der Waals surface area contributed by atoms with Crippen molar-refractivity contribution >= 4 is 34.8 Å². The van der Waals surface area contributed by atoms with Crippen molar-refractivity contribution in [2.24, 2.45) is 0 Å². The summed E-state index contributed by atoms with van der Waals surface area (Å²) in [7, 11) is 0. The normalized spacial score (nSPS) is 10.6. The summed E-state index contributed by atoms with van der Waals surface area (Å²) in [6.07, 6.45) is 1.67. The van der Waals surface area contributed by atoms with Crippen molar-refractivity contribution in [3.8, 4) is 5.69 Å². The lowest BCUT2D eigenvalue weighted by Gasteiger charge is -2.08. The van der Waals surface area contributed by atoms with Gasteiger partial charge < -0.3 is 5.32 Å². The summed E-state index contributed by atoms with van der Waals surface area (Å²) in [6.45, 7) is 1.91. The highest BCUT2D eigenvalue weighted by molar-refractivity contribution is 6.36. The molecule has 7 heteroatoms. The van der Waals surface area contributed by atoms with Gasteiger partial charge in [0.15, 0.2) is 0 Å². The second kappa shape index (κ2) is 6.40. The molecule has 3 rings (SSSR count). The monoisotopic (exact) mass is 346 g/mol. The second-order valence-corrected chi connectivity index (χ2v) is 5.76. The Morgan fingerprint density at radius 3 is 2.48 bits per heavy atom. The Morgan fingerprint density at radius 2 is 1.87 bits per heavy atom. The number of anilines is 1. The zero-order valence-electron chi connectivity index (χ0n) is 12.1. The van der Waals surface area contributed by atoms with E-state index in [4.69, 9.17) is 23.2 Å². The van der Waals surface area contributed by atoms with E-state index in [1.165, 1.54) is 0 Å². The minimum Gasteiger partial charge on any atom is -0.321 e. The van der Waals surface area contributed by atoms with Gasteiger partial charge in [0, 0.05) is 10.6 Å². The van der Waals surface area contributed by atoms with E-state index in [2.05, 4.69) is 15.6 Å². The Hall–Kier alpha value is -2.37. The van der Waals surface area contributed by atoms with E-state index in [1.807, 2.05) is 6.92 Å². The van der Waals surface area contributed by atoms with E-state index in [-0.39, 0.29) is 5.91 Å². The molecule has 0 unspecified atom stereocenters. The van der Waals surface area contributed by atoms with Crippen LogP contribution in [0.25, 0.3) is 5.69 Å². The minimum atomic E-state index is -0.254. The Morgan fingerprint density at radius 1 is 1.13 bits per heavy atom. The van der Waals surface area contributed by atoms with Gasteiger partial charge in [0.05, 0.1) is 28.3 Å². The first kappa shape index (κ1) is 15.5. The van der Waals surface area contributed by atoms with Crippen molar-refractivity contribution in [1.29, 1.82) is 0 Å². The van der Waals surface area contributed by atoms with Crippen LogP contribution in [0.4, 0.5) is 5.69 Å². The average molecular weight is 347 g/mol. The molecule has 0 radical (unpaired) electrons. The lowest BCUT2D eigenvalue weighted by molar-refractivity contribution is 0.102. The van der Waals surface area contributed by atoms with Gasteiger partial charge in [-0.15, -0.1) is 5.10 Å². The maximum atomic E-state index is 12.3. The van der Waals surface area contributed by atoms with Gasteiger partial charge in [-0.05, 0) is 49.4 Å². The van der Waals surface area contributed by atoms with Gasteiger partial charge in [-0.25, -0.2) is 4.68 Å². The number of hydrogen-bond acceptors (Lipinski definition) is 3. The second-order valence-electron chi connectivity index (χ2n) is 4.91. The van der Waals surface area contributed by atoms with Crippen molar-refractivity contribution in [2.75, 3.05) is 5.32 Å². The molecule has 0 aliphatic heterocycles. The Labute approximate surface area is 142 Å². The van der Waals surface area contributed by atoms with Crippen LogP contribution in [0.5, 0.6) is 0 Å². The van der Waals surface area contributed by atoms with E-state index < -0.39 is 0 Å². The summed E-state index contributed by atoms with van der Waals surface area (Å²) in [5.41, 5.74) is 2.77. The van der Waals surface area contributed by atoms with Gasteiger partial charge in [-0.3, -0.25) is 4.79 Å². The van der Waals surface area contributed by atoms with Crippen LogP contribution < -0.4 is 5.32 Å². The number of hydrogen-bond donors (Lipinski definition) is 1. The molecule has 0 spiro atoms. The molecular weight excluding hydrogens is 335 g/mol. The van der Waals surface area contributed by atoms with Gasteiger partial charge >= 0.3 is 0 Å². The van der Waals surface area contributed by atoms with Crippen LogP contribution in [0.3, 0.4) is 0 Å². The molecule has 3 aromatic rings. The standard InChI is InChI=1S/C16H12Cl2N4O/c1-10-9-19-21-22(10)13-5-2-11(3-6-13)16(23)20-15-7-4-12(17)8-14(15)18/h2-9H,1H3,(H,20,23). The van der Waals surface area contributed by atoms with Crippen LogP contribution in [0, 0.1) is 6.92 Å². The smallest absolute Gasteiger partial charge is 0.255 e. The molecule has 1 N–H and O–H groups in total. The third kappa shape index (κ3) is 3.36. The number of carbonyl (C=O) groups excluding carboxylic acids is 1. The van der Waals surface area contributed by atoms with Crippen LogP contribution in [-0.4, -0.2) is 20.9 Å². The van der Waals surface area contributed by atoms with Crippen LogP contribution >= 0.6 is 23.2 Å². The number of carbonyl (C=O) groups is 1. The van der Waals surface area contributed by atoms with E-state index >= 15 is 0 Å². The summed E-state index contributed by atoms with van der Waals surface area (Å²) in [6, 6.07) is 12.0. The van der Waals surface area contributed by atoms with Gasteiger partial charge in [-0.1, -0.05) is 28.4 Å². The number of benzene rings is 2. The molecule has 0 aliphatic carbocycles. The fourth-order valence-corrected chi connectivity index (χ4v) is 2.54. The van der Waals surface area contributed by atoms with Crippen LogP contribution in [0.1, 0.15) is 16.1 Å². The van der Waals surface area contributed by atoms with Crippen LogP contribution in [-0.2, 0) is 0 Å². The largest absolute Gasteiger partial charge is 0.321 e. The SMILES string of the molecule is Cc1cnnn1-c1ccc(C(=O)Nc2ccc(Cl)cc2Cl)cc1. The van der Waals surface area contributed by atoms with Crippen molar-refractivity contribution in [1.82, 2.24) is 15.0 Å². The minimum absolute atomic E-state index is 0.254. The van der Waals surface area contributed by atoms with Crippen molar-refractivity contribution < 1.29 is 4.79 Å². The molecule has 2 aromatic carbocycles. The van der Waals surface area contributed by atoms with Crippen molar-refractivity contribution in [3.63, 3.8) is 0 Å². The molecule has 0 fully saturated rings. The lowest BCUT2D eigenvalue weighted by Crippen LogP contribution is -2.12. The molecule has 116 valence electrons. The number of rotatable bonds is 3. The van der Waals surface area contributed by atoms with Gasteiger partial charge in [0.25, 0.3) is 5.91 Å². The molecule has 1 amide bonds. The van der Waals surface area contributed by atoms with E-state index in [0.717, 1.165) is 11.4 Å². The Bertz CT molecular complexity index is 859. The molecule has 1 aromatic heterocycles. The third-order valence-corrected chi connectivity index (χ3v) is 3.82. The number of aryl methyl sites for hydroxylation is 1. The van der Waals surface area contributed by atoms with Gasteiger partial charge in [-0.2, -0.15) is 0 Å². The number of amides is 1. The van der Waals surface area contributed by atoms with Gasteiger partial charge in [0.1, 0.15) is 0 Å². The van der Waals surface area contributed by atoms with Crippen LogP contribution in [0.15, 0.2) is 48.7 Å². The predicted octanol–water partition coefficient (Wildman–Crippen LogP) is 4.13. The molecule has 5 nitrogen and oxygen atoms in total. The van der Waals surface area contributed by atoms with Crippen molar-refractivity contribution in [2.45, 2.75) is 6.92 Å². The first-order valence-electron chi connectivity index (χ1n) is 6.79. The molecule has 0 saturated carbocycles. The molecule has 0 aliphatic rings. The topological polar surface area (TPSA) is 59.8 Å². The van der Waals surface area contributed by atoms with Crippen molar-refractivity contribution in [3.05, 3.63) is 70.0 Å². The van der Waals surface area contributed by atoms with E-state index in [9.17, 15) is 4.79 Å². The molecular formula is C16H12Cl2N4O. The highest BCUT2D eigenvalue weighted by Crippen LogP contribution is 2.25. The van der Waals surface area contributed by atoms with E-state index in [1.54, 1.807) is 53.3 Å². The van der Waals surface area contributed by atoms with Crippen LogP contribution in [0.2, 0.25) is 10.0 Å². The maximum absolute atomic E-state index is 12.3. The molecule has 0 bridgehead atoms. The summed E-state index contributed by atoms with van der Waals surface area (Å²) in [5.74, 6) is -0.254. The molecule has 0 saturated heterocycles. The average Bonchev–Trinajstić information content (AvgIpc) is 2.96.